The summed E-state index contributed by atoms with van der Waals surface area (Å²) in [7, 11) is 0. The lowest BCUT2D eigenvalue weighted by Crippen LogP contribution is -2.40. The van der Waals surface area contributed by atoms with Crippen molar-refractivity contribution in [3.8, 4) is 0 Å². The maximum atomic E-state index is 11.9. The van der Waals surface area contributed by atoms with E-state index in [0.29, 0.717) is 11.5 Å². The molecule has 0 bridgehead atoms. The molecule has 3 rings (SSSR count). The number of rotatable bonds is 1. The molecule has 1 unspecified atom stereocenters. The average molecular weight is 248 g/mol. The number of piperidine rings is 1. The number of hydrogen-bond donors (Lipinski definition) is 2. The predicted molar refractivity (Wildman–Crippen MR) is 65.8 cm³/mol. The van der Waals surface area contributed by atoms with Crippen molar-refractivity contribution in [3.05, 3.63) is 28.1 Å². The first kappa shape index (κ1) is 11.4. The molecule has 1 aliphatic rings. The molecule has 1 saturated heterocycles. The zero-order valence-corrected chi connectivity index (χ0v) is 10.3. The molecular weight excluding hydrogens is 232 g/mol. The van der Waals surface area contributed by atoms with Gasteiger partial charge in [0.05, 0.1) is 6.04 Å². The summed E-state index contributed by atoms with van der Waals surface area (Å²) in [6, 6.07) is 1.92. The van der Waals surface area contributed by atoms with Gasteiger partial charge in [-0.25, -0.2) is 14.8 Å². The highest BCUT2D eigenvalue weighted by Gasteiger charge is 2.23. The molecule has 0 aromatic carbocycles. The van der Waals surface area contributed by atoms with Gasteiger partial charge in [-0.3, -0.25) is 5.84 Å². The number of aromatic nitrogens is 4. The number of H-pyrrole nitrogens is 1. The van der Waals surface area contributed by atoms with Gasteiger partial charge in [0.1, 0.15) is 5.82 Å². The summed E-state index contributed by atoms with van der Waals surface area (Å²) in [5, 5.41) is 5.82. The lowest BCUT2D eigenvalue weighted by Gasteiger charge is -2.31. The Kier molecular flexibility index (Phi) is 2.64. The van der Waals surface area contributed by atoms with E-state index >= 15 is 0 Å². The number of nitrogens with one attached hydrogen (secondary N) is 1. The molecule has 96 valence electrons. The van der Waals surface area contributed by atoms with Crippen molar-refractivity contribution in [1.82, 2.24) is 24.6 Å². The Bertz CT molecular complexity index is 630. The number of nitrogens with two attached hydrogens (primary N) is 1. The third kappa shape index (κ3) is 1.81. The van der Waals surface area contributed by atoms with E-state index in [1.165, 1.54) is 4.52 Å². The lowest BCUT2D eigenvalue weighted by atomic mass is 10.0. The van der Waals surface area contributed by atoms with Crippen molar-refractivity contribution in [1.29, 1.82) is 0 Å². The van der Waals surface area contributed by atoms with E-state index < -0.39 is 0 Å². The first-order valence-electron chi connectivity index (χ1n) is 6.13. The third-order valence-electron chi connectivity index (χ3n) is 3.37. The van der Waals surface area contributed by atoms with Gasteiger partial charge in [-0.1, -0.05) is 6.42 Å². The minimum atomic E-state index is -0.262. The molecule has 3 heterocycles. The third-order valence-corrected chi connectivity index (χ3v) is 3.37. The summed E-state index contributed by atoms with van der Waals surface area (Å²) in [5.41, 5.74) is 1.13. The maximum absolute atomic E-state index is 11.9. The van der Waals surface area contributed by atoms with Gasteiger partial charge < -0.3 is 4.98 Å². The van der Waals surface area contributed by atoms with Crippen molar-refractivity contribution in [2.45, 2.75) is 32.2 Å². The number of nitrogens with zero attached hydrogens (tertiary/aromatic N) is 4. The zero-order valence-electron chi connectivity index (χ0n) is 10.3. The Balaban J connectivity index is 2.09. The van der Waals surface area contributed by atoms with Gasteiger partial charge in [0.25, 0.3) is 0 Å². The summed E-state index contributed by atoms with van der Waals surface area (Å²) in [4.78, 5) is 19.0. The first-order chi connectivity index (χ1) is 8.65. The molecule has 0 saturated carbocycles. The van der Waals surface area contributed by atoms with E-state index in [2.05, 4.69) is 15.1 Å². The molecule has 0 radical (unpaired) electrons. The second kappa shape index (κ2) is 4.18. The molecule has 1 atom stereocenters. The normalized spacial score (nSPS) is 21.6. The monoisotopic (exact) mass is 248 g/mol. The predicted octanol–water partition coefficient (Wildman–Crippen LogP) is 0.127. The van der Waals surface area contributed by atoms with E-state index in [1.54, 1.807) is 11.9 Å². The van der Waals surface area contributed by atoms with Gasteiger partial charge in [0.15, 0.2) is 5.65 Å². The van der Waals surface area contributed by atoms with Gasteiger partial charge in [0.2, 0.25) is 0 Å². The fourth-order valence-corrected chi connectivity index (χ4v) is 2.49. The van der Waals surface area contributed by atoms with Gasteiger partial charge in [-0.15, -0.1) is 5.10 Å². The largest absolute Gasteiger partial charge is 0.348 e. The van der Waals surface area contributed by atoms with Crippen LogP contribution < -0.4 is 11.5 Å². The number of hydrogen-bond acceptors (Lipinski definition) is 5. The Morgan fingerprint density at radius 1 is 1.50 bits per heavy atom. The van der Waals surface area contributed by atoms with Crippen LogP contribution in [-0.2, 0) is 0 Å². The van der Waals surface area contributed by atoms with Crippen molar-refractivity contribution >= 4 is 5.65 Å². The van der Waals surface area contributed by atoms with Gasteiger partial charge >= 0.3 is 5.69 Å². The van der Waals surface area contributed by atoms with Crippen molar-refractivity contribution in [3.63, 3.8) is 0 Å². The summed E-state index contributed by atoms with van der Waals surface area (Å²) in [6.07, 6.45) is 3.18. The van der Waals surface area contributed by atoms with Crippen LogP contribution in [0.25, 0.3) is 5.65 Å². The number of aromatic amines is 1. The maximum Gasteiger partial charge on any atom is 0.348 e. The quantitative estimate of drug-likeness (QED) is 0.700. The van der Waals surface area contributed by atoms with Crippen LogP contribution in [0.1, 0.15) is 36.8 Å². The molecular formula is C11H16N6O. The average Bonchev–Trinajstić information content (AvgIpc) is 2.71. The van der Waals surface area contributed by atoms with E-state index in [4.69, 9.17) is 5.84 Å². The zero-order chi connectivity index (χ0) is 12.7. The van der Waals surface area contributed by atoms with Gasteiger partial charge in [-0.2, -0.15) is 4.52 Å². The minimum absolute atomic E-state index is 0.0634. The first-order valence-corrected chi connectivity index (χ1v) is 6.13. The number of fused-ring (bicyclic) bond motifs is 1. The van der Waals surface area contributed by atoms with Crippen molar-refractivity contribution in [2.75, 3.05) is 6.54 Å². The summed E-state index contributed by atoms with van der Waals surface area (Å²) >= 11 is 0. The van der Waals surface area contributed by atoms with Gasteiger partial charge in [0, 0.05) is 18.3 Å². The van der Waals surface area contributed by atoms with Crippen molar-refractivity contribution < 1.29 is 0 Å². The molecule has 2 aromatic heterocycles. The molecule has 1 fully saturated rings. The molecule has 0 spiro atoms. The van der Waals surface area contributed by atoms with Crippen LogP contribution in [-0.4, -0.2) is 31.1 Å². The van der Waals surface area contributed by atoms with E-state index in [-0.39, 0.29) is 11.7 Å². The van der Waals surface area contributed by atoms with Crippen LogP contribution in [0.3, 0.4) is 0 Å². The van der Waals surface area contributed by atoms with E-state index in [0.717, 1.165) is 31.5 Å². The van der Waals surface area contributed by atoms with Crippen molar-refractivity contribution in [2.24, 2.45) is 5.84 Å². The SMILES string of the molecule is Cc1nc2cc(C3CCCCN3N)[nH]c(=O)n2n1. The highest BCUT2D eigenvalue weighted by atomic mass is 16.1. The molecule has 0 amide bonds. The van der Waals surface area contributed by atoms with E-state index in [9.17, 15) is 4.79 Å². The lowest BCUT2D eigenvalue weighted by molar-refractivity contribution is 0.148. The summed E-state index contributed by atoms with van der Waals surface area (Å²) in [5.74, 6) is 6.57. The Morgan fingerprint density at radius 2 is 2.33 bits per heavy atom. The Morgan fingerprint density at radius 3 is 3.11 bits per heavy atom. The van der Waals surface area contributed by atoms with Crippen LogP contribution in [0.15, 0.2) is 10.9 Å². The Labute approximate surface area is 104 Å². The summed E-state index contributed by atoms with van der Waals surface area (Å²) in [6.45, 7) is 2.62. The molecule has 18 heavy (non-hydrogen) atoms. The minimum Gasteiger partial charge on any atom is -0.308 e. The number of hydrazine groups is 1. The molecule has 0 aliphatic carbocycles. The summed E-state index contributed by atoms with van der Waals surface area (Å²) < 4.78 is 1.28. The molecule has 7 heteroatoms. The Hall–Kier alpha value is -1.73. The second-order valence-electron chi connectivity index (χ2n) is 4.71. The van der Waals surface area contributed by atoms with Crippen LogP contribution in [0.5, 0.6) is 0 Å². The van der Waals surface area contributed by atoms with Crippen LogP contribution in [0.4, 0.5) is 0 Å². The topological polar surface area (TPSA) is 92.3 Å². The van der Waals surface area contributed by atoms with E-state index in [1.807, 2.05) is 6.07 Å². The molecule has 3 N–H and O–H groups in total. The fourth-order valence-electron chi connectivity index (χ4n) is 2.49. The second-order valence-corrected chi connectivity index (χ2v) is 4.71. The molecule has 1 aliphatic heterocycles. The van der Waals surface area contributed by atoms with Crippen LogP contribution in [0.2, 0.25) is 0 Å². The van der Waals surface area contributed by atoms with Crippen LogP contribution in [0, 0.1) is 6.92 Å². The smallest absolute Gasteiger partial charge is 0.308 e. The highest BCUT2D eigenvalue weighted by Crippen LogP contribution is 2.26. The highest BCUT2D eigenvalue weighted by molar-refractivity contribution is 5.38. The number of aryl methyl sites for hydroxylation is 1. The van der Waals surface area contributed by atoms with Gasteiger partial charge in [-0.05, 0) is 19.8 Å². The molecule has 2 aromatic rings. The van der Waals surface area contributed by atoms with Crippen LogP contribution >= 0.6 is 0 Å². The standard InChI is InChI=1S/C11H16N6O/c1-7-13-10-6-8(14-11(18)17(10)15-7)9-4-2-3-5-16(9)12/h6,9H,2-5,12H2,1H3,(H,14,18). The fraction of sp³-hybridized carbons (Fsp3) is 0.545. The molecule has 7 nitrogen and oxygen atoms in total.